The minimum absolute atomic E-state index is 0.0360. The molecular formula is C41H66O12. The molecule has 0 aromatic rings. The highest BCUT2D eigenvalue weighted by atomic mass is 16.8. The molecule has 6 fully saturated rings. The van der Waals surface area contributed by atoms with E-state index in [-0.39, 0.29) is 46.7 Å². The Morgan fingerprint density at radius 3 is 2.21 bits per heavy atom. The molecule has 2 aliphatic heterocycles. The van der Waals surface area contributed by atoms with Gasteiger partial charge in [-0.05, 0) is 111 Å². The van der Waals surface area contributed by atoms with Crippen LogP contribution in [0.5, 0.6) is 0 Å². The summed E-state index contributed by atoms with van der Waals surface area (Å²) in [6, 6.07) is 0. The van der Waals surface area contributed by atoms with Gasteiger partial charge in [0.15, 0.2) is 12.6 Å². The van der Waals surface area contributed by atoms with Crippen LogP contribution in [0.2, 0.25) is 0 Å². The Hall–Kier alpha value is -1.19. The van der Waals surface area contributed by atoms with Crippen LogP contribution < -0.4 is 0 Å². The third-order valence-corrected chi connectivity index (χ3v) is 17.0. The predicted octanol–water partition coefficient (Wildman–Crippen LogP) is 3.52. The first kappa shape index (κ1) is 40.0. The Labute approximate surface area is 314 Å². The zero-order chi connectivity index (χ0) is 38.7. The van der Waals surface area contributed by atoms with Gasteiger partial charge in [0, 0.05) is 5.41 Å². The van der Waals surface area contributed by atoms with Crippen LogP contribution in [0.25, 0.3) is 0 Å². The maximum Gasteiger partial charge on any atom is 0.310 e. The molecule has 0 bridgehead atoms. The molecule has 0 spiro atoms. The highest BCUT2D eigenvalue weighted by Crippen LogP contribution is 2.76. The molecule has 2 heterocycles. The van der Waals surface area contributed by atoms with Crippen LogP contribution >= 0.6 is 0 Å². The largest absolute Gasteiger partial charge is 0.481 e. The van der Waals surface area contributed by atoms with E-state index in [1.165, 1.54) is 12.5 Å². The number of allylic oxidation sites excluding steroid dienone is 2. The molecule has 0 aromatic heterocycles. The van der Waals surface area contributed by atoms with E-state index in [1.807, 2.05) is 0 Å². The van der Waals surface area contributed by atoms with Crippen LogP contribution in [0.4, 0.5) is 0 Å². The van der Waals surface area contributed by atoms with Gasteiger partial charge in [-0.15, -0.1) is 0 Å². The number of fused-ring (bicyclic) bond motifs is 7. The van der Waals surface area contributed by atoms with Crippen molar-refractivity contribution in [3.63, 3.8) is 0 Å². The van der Waals surface area contributed by atoms with Crippen LogP contribution in [-0.2, 0) is 23.7 Å². The standard InChI is InChI=1S/C41H66O12/c1-21-28(44)30(46)31(47)33(51-21)53-32-29(45)24(43)19-50-34(32)52-27-11-12-37(4)25(38(27,5)20-42)10-13-40(7)26(37)9-8-22-23-18-36(2,3)14-16-41(23,35(48)49)17-15-39(22,40)6/h8,21,23-34,42-47H,9-20H2,1-7H3,(H,48,49)/t21-,23+,24-,25+,26+,27+,28-,29-,30+,31+,32+,33-,34-,37-,38-,39+,40+,41+/m0/s1. The number of carbonyl (C=O) groups is 1. The molecular weight excluding hydrogens is 684 g/mol. The third-order valence-electron chi connectivity index (χ3n) is 17.0. The molecule has 7 N–H and O–H groups in total. The number of rotatable bonds is 6. The molecule has 4 saturated carbocycles. The second kappa shape index (κ2) is 13.5. The lowest BCUT2D eigenvalue weighted by molar-refractivity contribution is -0.365. The van der Waals surface area contributed by atoms with Crippen LogP contribution in [-0.4, -0.2) is 116 Å². The maximum atomic E-state index is 13.0. The summed E-state index contributed by atoms with van der Waals surface area (Å²) in [6.45, 7) is 15.1. The minimum atomic E-state index is -1.62. The quantitative estimate of drug-likeness (QED) is 0.155. The number of hydrogen-bond donors (Lipinski definition) is 7. The first-order chi connectivity index (χ1) is 24.7. The summed E-state index contributed by atoms with van der Waals surface area (Å²) in [5.41, 5.74) is -0.239. The first-order valence-corrected chi connectivity index (χ1v) is 20.2. The lowest BCUT2D eigenvalue weighted by Crippen LogP contribution is -2.67. The van der Waals surface area contributed by atoms with Crippen LogP contribution in [0, 0.1) is 50.2 Å². The topological polar surface area (TPSA) is 196 Å². The van der Waals surface area contributed by atoms with Crippen molar-refractivity contribution in [2.24, 2.45) is 50.2 Å². The summed E-state index contributed by atoms with van der Waals surface area (Å²) in [4.78, 5) is 13.0. The lowest BCUT2D eigenvalue weighted by atomic mass is 9.33. The van der Waals surface area contributed by atoms with Crippen molar-refractivity contribution in [1.82, 2.24) is 0 Å². The van der Waals surface area contributed by atoms with Gasteiger partial charge in [-0.2, -0.15) is 0 Å². The summed E-state index contributed by atoms with van der Waals surface area (Å²) in [6.07, 6.45) is -1.79. The van der Waals surface area contributed by atoms with Crippen molar-refractivity contribution < 1.29 is 59.5 Å². The first-order valence-electron chi connectivity index (χ1n) is 20.2. The van der Waals surface area contributed by atoms with E-state index in [9.17, 15) is 40.5 Å². The summed E-state index contributed by atoms with van der Waals surface area (Å²) in [5, 5.41) is 74.9. The Balaban J connectivity index is 1.15. The minimum Gasteiger partial charge on any atom is -0.481 e. The molecule has 7 aliphatic rings. The number of hydrogen-bond acceptors (Lipinski definition) is 11. The average Bonchev–Trinajstić information content (AvgIpc) is 3.10. The van der Waals surface area contributed by atoms with Gasteiger partial charge in [0.25, 0.3) is 0 Å². The monoisotopic (exact) mass is 750 g/mol. The molecule has 0 aromatic carbocycles. The number of aliphatic hydroxyl groups excluding tert-OH is 6. The second-order valence-corrected chi connectivity index (χ2v) is 20.0. The van der Waals surface area contributed by atoms with Gasteiger partial charge >= 0.3 is 5.97 Å². The molecule has 12 nitrogen and oxygen atoms in total. The van der Waals surface area contributed by atoms with Gasteiger partial charge < -0.3 is 54.7 Å². The Kier molecular flexibility index (Phi) is 10.2. The number of aliphatic carboxylic acids is 1. The summed E-state index contributed by atoms with van der Waals surface area (Å²) in [7, 11) is 0. The van der Waals surface area contributed by atoms with Gasteiger partial charge in [0.05, 0.1) is 30.8 Å². The van der Waals surface area contributed by atoms with Gasteiger partial charge in [0.2, 0.25) is 0 Å². The van der Waals surface area contributed by atoms with Crippen LogP contribution in [0.3, 0.4) is 0 Å². The highest BCUT2D eigenvalue weighted by molar-refractivity contribution is 5.76. The van der Waals surface area contributed by atoms with Crippen molar-refractivity contribution in [2.75, 3.05) is 13.2 Å². The normalized spacial score (nSPS) is 55.1. The second-order valence-electron chi connectivity index (χ2n) is 20.0. The van der Waals surface area contributed by atoms with Crippen molar-refractivity contribution in [1.29, 1.82) is 0 Å². The van der Waals surface area contributed by atoms with Crippen molar-refractivity contribution >= 4 is 5.97 Å². The van der Waals surface area contributed by atoms with E-state index in [4.69, 9.17) is 18.9 Å². The Morgan fingerprint density at radius 2 is 1.53 bits per heavy atom. The SMILES string of the molecule is C[C@@H]1O[C@@H](O[C@H]2[C@H](O[C@@H]3CC[C@@]4(C)[C@@H](CC[C@]5(C)[C@@H]4CC=C4[C@H]6CC(C)(C)CC[C@@]6(C(=O)O)CC[C@]45C)[C@]3(C)CO)OC[C@H](O)[C@@H]2O)[C@H](O)[C@H](O)[C@H]1O. The smallest absolute Gasteiger partial charge is 0.310 e. The van der Waals surface area contributed by atoms with E-state index >= 15 is 0 Å². The summed E-state index contributed by atoms with van der Waals surface area (Å²) >= 11 is 0. The van der Waals surface area contributed by atoms with Gasteiger partial charge in [0.1, 0.15) is 36.6 Å². The third kappa shape index (κ3) is 5.85. The molecule has 0 unspecified atom stereocenters. The van der Waals surface area contributed by atoms with E-state index < -0.39 is 78.2 Å². The summed E-state index contributed by atoms with van der Waals surface area (Å²) in [5.74, 6) is -0.194. The molecule has 53 heavy (non-hydrogen) atoms. The fraction of sp³-hybridized carbons (Fsp3) is 0.927. The maximum absolute atomic E-state index is 13.0. The van der Waals surface area contributed by atoms with E-state index in [1.54, 1.807) is 0 Å². The number of aliphatic hydroxyl groups is 6. The molecule has 5 aliphatic carbocycles. The van der Waals surface area contributed by atoms with Crippen LogP contribution in [0.1, 0.15) is 113 Å². The van der Waals surface area contributed by atoms with Gasteiger partial charge in [-0.1, -0.05) is 53.2 Å². The fourth-order valence-electron chi connectivity index (χ4n) is 13.3. The van der Waals surface area contributed by atoms with Gasteiger partial charge in [-0.3, -0.25) is 4.79 Å². The van der Waals surface area contributed by atoms with Crippen LogP contribution in [0.15, 0.2) is 11.6 Å². The van der Waals surface area contributed by atoms with Crippen molar-refractivity contribution in [2.45, 2.75) is 174 Å². The number of carboxylic acids is 1. The fourth-order valence-corrected chi connectivity index (χ4v) is 13.3. The predicted molar refractivity (Wildman–Crippen MR) is 192 cm³/mol. The number of ether oxygens (including phenoxy) is 4. The molecule has 0 amide bonds. The molecule has 302 valence electrons. The van der Waals surface area contributed by atoms with E-state index in [2.05, 4.69) is 47.6 Å². The van der Waals surface area contributed by atoms with Gasteiger partial charge in [-0.25, -0.2) is 0 Å². The zero-order valence-electron chi connectivity index (χ0n) is 32.7. The van der Waals surface area contributed by atoms with Crippen molar-refractivity contribution in [3.8, 4) is 0 Å². The Morgan fingerprint density at radius 1 is 0.830 bits per heavy atom. The molecule has 0 radical (unpaired) electrons. The molecule has 2 saturated heterocycles. The Bertz CT molecular complexity index is 1440. The van der Waals surface area contributed by atoms with E-state index in [0.29, 0.717) is 18.8 Å². The number of carboxylic acid groups (broad SMARTS) is 1. The zero-order valence-corrected chi connectivity index (χ0v) is 32.7. The molecule has 7 rings (SSSR count). The molecule has 18 atom stereocenters. The highest BCUT2D eigenvalue weighted by Gasteiger charge is 2.70. The average molecular weight is 751 g/mol. The molecule has 12 heteroatoms. The summed E-state index contributed by atoms with van der Waals surface area (Å²) < 4.78 is 24.3. The van der Waals surface area contributed by atoms with E-state index in [0.717, 1.165) is 51.4 Å². The lowest BCUT2D eigenvalue weighted by Gasteiger charge is -2.71. The van der Waals surface area contributed by atoms with Crippen molar-refractivity contribution in [3.05, 3.63) is 11.6 Å².